The van der Waals surface area contributed by atoms with Crippen LogP contribution in [0.2, 0.25) is 0 Å². The van der Waals surface area contributed by atoms with Gasteiger partial charge in [-0.15, -0.1) is 23.1 Å². The number of benzene rings is 2. The van der Waals surface area contributed by atoms with Crippen LogP contribution in [0.5, 0.6) is 0 Å². The van der Waals surface area contributed by atoms with Crippen molar-refractivity contribution in [2.45, 2.75) is 31.7 Å². The van der Waals surface area contributed by atoms with E-state index >= 15 is 0 Å². The van der Waals surface area contributed by atoms with Gasteiger partial charge in [0.05, 0.1) is 17.2 Å². The lowest BCUT2D eigenvalue weighted by atomic mass is 10.1. The van der Waals surface area contributed by atoms with E-state index in [4.69, 9.17) is 4.74 Å². The van der Waals surface area contributed by atoms with Crippen molar-refractivity contribution in [1.29, 1.82) is 0 Å². The van der Waals surface area contributed by atoms with Crippen molar-refractivity contribution in [2.75, 3.05) is 18.2 Å². The monoisotopic (exact) mass is 482 g/mol. The fraction of sp³-hybridized carbons (Fsp3) is 0.240. The van der Waals surface area contributed by atoms with E-state index in [1.807, 2.05) is 54.8 Å². The van der Waals surface area contributed by atoms with Gasteiger partial charge in [0.1, 0.15) is 11.2 Å². The molecular formula is C25H26N2O4S2. The molecule has 1 aromatic heterocycles. The Morgan fingerprint density at radius 3 is 2.39 bits per heavy atom. The van der Waals surface area contributed by atoms with E-state index in [0.29, 0.717) is 14.9 Å². The van der Waals surface area contributed by atoms with Gasteiger partial charge in [-0.25, -0.2) is 4.79 Å². The Morgan fingerprint density at radius 1 is 1.09 bits per heavy atom. The molecule has 0 aliphatic heterocycles. The second kappa shape index (κ2) is 11.7. The number of nitrogens with zero attached hydrogens (tertiary/aromatic N) is 1. The molecule has 172 valence electrons. The van der Waals surface area contributed by atoms with Gasteiger partial charge in [0.15, 0.2) is 0 Å². The average molecular weight is 483 g/mol. The Bertz CT molecular complexity index is 1290. The number of carbonyl (C=O) groups is 2. The number of amides is 1. The van der Waals surface area contributed by atoms with Crippen LogP contribution in [-0.4, -0.2) is 29.3 Å². The quantitative estimate of drug-likeness (QED) is 0.395. The maximum atomic E-state index is 13.1. The van der Waals surface area contributed by atoms with Crippen molar-refractivity contribution in [3.8, 4) is 0 Å². The molecule has 1 amide bonds. The Labute approximate surface area is 200 Å². The second-order valence-electron chi connectivity index (χ2n) is 7.11. The zero-order chi connectivity index (χ0) is 23.8. The Kier molecular flexibility index (Phi) is 8.68. The van der Waals surface area contributed by atoms with Crippen LogP contribution in [0.1, 0.15) is 25.0 Å². The summed E-state index contributed by atoms with van der Waals surface area (Å²) in [5, 5.41) is 2.81. The Balaban J connectivity index is 1.95. The topological polar surface area (TPSA) is 77.4 Å². The molecule has 1 N–H and O–H groups in total. The lowest BCUT2D eigenvalue weighted by molar-refractivity contribution is -0.135. The molecule has 6 nitrogen and oxygen atoms in total. The number of thiazole rings is 1. The minimum absolute atomic E-state index is 0.213. The summed E-state index contributed by atoms with van der Waals surface area (Å²) in [4.78, 5) is 39.0. The van der Waals surface area contributed by atoms with E-state index in [1.54, 1.807) is 24.8 Å². The van der Waals surface area contributed by atoms with Crippen LogP contribution in [-0.2, 0) is 27.3 Å². The number of anilines is 1. The molecular weight excluding hydrogens is 456 g/mol. The van der Waals surface area contributed by atoms with Crippen LogP contribution in [0.25, 0.3) is 12.2 Å². The summed E-state index contributed by atoms with van der Waals surface area (Å²) < 4.78 is 7.10. The molecule has 2 aromatic carbocycles. The van der Waals surface area contributed by atoms with Crippen LogP contribution >= 0.6 is 23.1 Å². The van der Waals surface area contributed by atoms with Gasteiger partial charge in [-0.05, 0) is 61.1 Å². The highest BCUT2D eigenvalue weighted by Crippen LogP contribution is 2.15. The summed E-state index contributed by atoms with van der Waals surface area (Å²) >= 11 is 2.79. The van der Waals surface area contributed by atoms with Gasteiger partial charge in [0, 0.05) is 10.6 Å². The third-order valence-corrected chi connectivity index (χ3v) is 6.63. The maximum absolute atomic E-state index is 13.1. The molecule has 0 saturated heterocycles. The van der Waals surface area contributed by atoms with Crippen LogP contribution in [0.4, 0.5) is 5.69 Å². The maximum Gasteiger partial charge on any atom is 0.333 e. The van der Waals surface area contributed by atoms with E-state index in [9.17, 15) is 14.4 Å². The number of esters is 1. The lowest BCUT2D eigenvalue weighted by Crippen LogP contribution is -2.36. The van der Waals surface area contributed by atoms with Gasteiger partial charge < -0.3 is 10.1 Å². The number of hydrogen-bond acceptors (Lipinski definition) is 6. The first-order valence-corrected chi connectivity index (χ1v) is 12.6. The van der Waals surface area contributed by atoms with Crippen molar-refractivity contribution in [3.05, 3.63) is 79.2 Å². The minimum Gasteiger partial charge on any atom is -0.463 e. The molecule has 0 unspecified atom stereocenters. The van der Waals surface area contributed by atoms with Crippen molar-refractivity contribution in [2.24, 2.45) is 0 Å². The van der Waals surface area contributed by atoms with E-state index in [1.165, 1.54) is 16.2 Å². The lowest BCUT2D eigenvalue weighted by Gasteiger charge is -2.06. The fourth-order valence-corrected chi connectivity index (χ4v) is 4.54. The number of thioether (sulfide) groups is 1. The first kappa shape index (κ1) is 24.5. The number of carbonyl (C=O) groups excluding carboxylic acids is 2. The Hall–Kier alpha value is -3.10. The van der Waals surface area contributed by atoms with Gasteiger partial charge in [-0.2, -0.15) is 0 Å². The molecule has 0 radical (unpaired) electrons. The second-order valence-corrected chi connectivity index (χ2v) is 9.05. The molecule has 0 aliphatic carbocycles. The van der Waals surface area contributed by atoms with E-state index < -0.39 is 5.97 Å². The summed E-state index contributed by atoms with van der Waals surface area (Å²) in [6, 6.07) is 15.4. The number of hydrogen-bond donors (Lipinski definition) is 1. The van der Waals surface area contributed by atoms with Gasteiger partial charge in [-0.3, -0.25) is 14.2 Å². The normalized spacial score (nSPS) is 12.1. The molecule has 0 aliphatic rings. The number of nitrogens with one attached hydrogen (secondary N) is 1. The van der Waals surface area contributed by atoms with Crippen LogP contribution in [0.15, 0.2) is 58.2 Å². The summed E-state index contributed by atoms with van der Waals surface area (Å²) in [6.45, 7) is 3.78. The van der Waals surface area contributed by atoms with E-state index in [0.717, 1.165) is 28.2 Å². The molecule has 0 spiro atoms. The third-order valence-electron chi connectivity index (χ3n) is 4.83. The number of ether oxygens (including phenoxy) is 1. The Morgan fingerprint density at radius 2 is 1.79 bits per heavy atom. The van der Waals surface area contributed by atoms with Gasteiger partial charge in [0.2, 0.25) is 5.91 Å². The first-order valence-electron chi connectivity index (χ1n) is 10.6. The van der Waals surface area contributed by atoms with Gasteiger partial charge >= 0.3 is 5.97 Å². The highest BCUT2D eigenvalue weighted by atomic mass is 32.2. The number of aromatic nitrogens is 1. The highest BCUT2D eigenvalue weighted by molar-refractivity contribution is 7.98. The van der Waals surface area contributed by atoms with E-state index in [2.05, 4.69) is 12.2 Å². The largest absolute Gasteiger partial charge is 0.463 e. The zero-order valence-corrected chi connectivity index (χ0v) is 20.4. The third kappa shape index (κ3) is 6.69. The molecule has 0 atom stereocenters. The summed E-state index contributed by atoms with van der Waals surface area (Å²) in [5.41, 5.74) is 2.35. The summed E-state index contributed by atoms with van der Waals surface area (Å²) in [7, 11) is 0. The smallest absolute Gasteiger partial charge is 0.333 e. The van der Waals surface area contributed by atoms with Gasteiger partial charge in [-0.1, -0.05) is 31.2 Å². The molecule has 3 aromatic rings. The average Bonchev–Trinajstić information content (AvgIpc) is 3.08. The molecule has 8 heteroatoms. The van der Waals surface area contributed by atoms with Crippen molar-refractivity contribution >= 4 is 52.8 Å². The molecule has 0 bridgehead atoms. The van der Waals surface area contributed by atoms with Crippen molar-refractivity contribution in [1.82, 2.24) is 4.57 Å². The van der Waals surface area contributed by atoms with Crippen LogP contribution in [0.3, 0.4) is 0 Å². The minimum atomic E-state index is -0.557. The van der Waals surface area contributed by atoms with Crippen molar-refractivity contribution in [3.63, 3.8) is 0 Å². The summed E-state index contributed by atoms with van der Waals surface area (Å²) in [5.74, 6) is -0.910. The predicted octanol–water partition coefficient (Wildman–Crippen LogP) is 3.01. The van der Waals surface area contributed by atoms with Gasteiger partial charge in [0.25, 0.3) is 5.56 Å². The SMILES string of the molecule is CCOC(=O)/C=c1\s/c(=C\c2ccc(SC)cc2)c(=O)n1CC(=O)Nc1ccc(CC)cc1. The van der Waals surface area contributed by atoms with Crippen molar-refractivity contribution < 1.29 is 14.3 Å². The molecule has 1 heterocycles. The summed E-state index contributed by atoms with van der Waals surface area (Å²) in [6.07, 6.45) is 5.92. The standard InChI is InChI=1S/C25H26N2O4S2/c1-4-17-6-10-19(11-7-17)26-22(28)16-27-23(15-24(29)31-5-2)33-21(25(27)30)14-18-8-12-20(32-3)13-9-18/h6-15H,4-5,16H2,1-3H3,(H,26,28)/b21-14-,23-15-. The number of rotatable bonds is 8. The number of aryl methyl sites for hydroxylation is 1. The molecule has 0 fully saturated rings. The van der Waals surface area contributed by atoms with E-state index in [-0.39, 0.29) is 24.6 Å². The first-order chi connectivity index (χ1) is 15.9. The predicted molar refractivity (Wildman–Crippen MR) is 135 cm³/mol. The van der Waals surface area contributed by atoms with Crippen LogP contribution < -0.4 is 20.1 Å². The van der Waals surface area contributed by atoms with Crippen LogP contribution in [0, 0.1) is 0 Å². The molecule has 0 saturated carbocycles. The fourth-order valence-electron chi connectivity index (χ4n) is 3.10. The molecule has 33 heavy (non-hydrogen) atoms. The highest BCUT2D eigenvalue weighted by Gasteiger charge is 2.11. The molecule has 3 rings (SSSR count). The zero-order valence-electron chi connectivity index (χ0n) is 18.8.